The molecule has 3 amide bonds. The third-order valence-corrected chi connectivity index (χ3v) is 7.55. The number of hydrazine groups is 1. The summed E-state index contributed by atoms with van der Waals surface area (Å²) in [4.78, 5) is 50.8. The van der Waals surface area contributed by atoms with Gasteiger partial charge in [-0.1, -0.05) is 25.7 Å². The Kier molecular flexibility index (Phi) is 8.70. The van der Waals surface area contributed by atoms with Gasteiger partial charge in [-0.2, -0.15) is 0 Å². The van der Waals surface area contributed by atoms with E-state index in [9.17, 15) is 19.6 Å². The number of aromatic nitrogens is 2. The molecule has 3 fully saturated rings. The van der Waals surface area contributed by atoms with Crippen molar-refractivity contribution < 1.29 is 19.6 Å². The minimum Gasteiger partial charge on any atom is -0.351 e. The molecular formula is C24H38N8O4. The van der Waals surface area contributed by atoms with Crippen molar-refractivity contribution in [1.29, 1.82) is 0 Å². The second kappa shape index (κ2) is 11.9. The monoisotopic (exact) mass is 502 g/mol. The van der Waals surface area contributed by atoms with Gasteiger partial charge in [0, 0.05) is 38.3 Å². The van der Waals surface area contributed by atoms with E-state index in [2.05, 4.69) is 44.5 Å². The van der Waals surface area contributed by atoms with Crippen LogP contribution >= 0.6 is 0 Å². The fourth-order valence-electron chi connectivity index (χ4n) is 5.67. The predicted octanol–water partition coefficient (Wildman–Crippen LogP) is 0.705. The van der Waals surface area contributed by atoms with Gasteiger partial charge in [-0.3, -0.25) is 24.6 Å². The second-order valence-electron chi connectivity index (χ2n) is 10.3. The number of anilines is 2. The summed E-state index contributed by atoms with van der Waals surface area (Å²) >= 11 is 0. The highest BCUT2D eigenvalue weighted by Crippen LogP contribution is 2.32. The van der Waals surface area contributed by atoms with Crippen LogP contribution in [0.25, 0.3) is 0 Å². The van der Waals surface area contributed by atoms with E-state index in [1.54, 1.807) is 6.07 Å². The van der Waals surface area contributed by atoms with Crippen molar-refractivity contribution in [2.45, 2.75) is 57.5 Å². The SMILES string of the molecule is CC1CN(C)CCN1c1cc(NC(=O)C2CCNN2C(=O)C(CC2CCCC2)CN(O)C=O)ncn1. The first-order valence-corrected chi connectivity index (χ1v) is 12.9. The van der Waals surface area contributed by atoms with Crippen LogP contribution in [0.2, 0.25) is 0 Å². The van der Waals surface area contributed by atoms with Gasteiger partial charge in [-0.15, -0.1) is 0 Å². The van der Waals surface area contributed by atoms with Crippen LogP contribution < -0.4 is 15.6 Å². The first kappa shape index (κ1) is 26.2. The van der Waals surface area contributed by atoms with Crippen molar-refractivity contribution in [3.05, 3.63) is 12.4 Å². The summed E-state index contributed by atoms with van der Waals surface area (Å²) < 4.78 is 0. The molecule has 0 spiro atoms. The van der Waals surface area contributed by atoms with Crippen LogP contribution in [0.3, 0.4) is 0 Å². The Labute approximate surface area is 211 Å². The lowest BCUT2D eigenvalue weighted by molar-refractivity contribution is -0.159. The van der Waals surface area contributed by atoms with Gasteiger partial charge in [0.1, 0.15) is 24.0 Å². The number of hydrogen-bond acceptors (Lipinski definition) is 9. The molecule has 1 saturated carbocycles. The molecule has 2 saturated heterocycles. The largest absolute Gasteiger partial charge is 0.351 e. The molecule has 0 bridgehead atoms. The molecule has 0 radical (unpaired) electrons. The average Bonchev–Trinajstić information content (AvgIpc) is 3.55. The molecule has 1 aromatic rings. The minimum atomic E-state index is -0.715. The highest BCUT2D eigenvalue weighted by molar-refractivity contribution is 5.97. The minimum absolute atomic E-state index is 0.0934. The van der Waals surface area contributed by atoms with E-state index in [0.717, 1.165) is 51.1 Å². The highest BCUT2D eigenvalue weighted by atomic mass is 16.5. The van der Waals surface area contributed by atoms with Gasteiger partial charge in [-0.25, -0.2) is 20.5 Å². The van der Waals surface area contributed by atoms with Gasteiger partial charge in [-0.05, 0) is 32.7 Å². The zero-order valence-electron chi connectivity index (χ0n) is 21.2. The molecule has 2 aliphatic heterocycles. The number of likely N-dealkylation sites (N-methyl/N-ethyl adjacent to an activating group) is 1. The van der Waals surface area contributed by atoms with Crippen molar-refractivity contribution in [1.82, 2.24) is 30.4 Å². The maximum absolute atomic E-state index is 13.5. The number of nitrogens with one attached hydrogen (secondary N) is 2. The van der Waals surface area contributed by atoms with Gasteiger partial charge < -0.3 is 15.1 Å². The zero-order chi connectivity index (χ0) is 25.7. The Bertz CT molecular complexity index is 927. The van der Waals surface area contributed by atoms with E-state index >= 15 is 0 Å². The molecule has 12 heteroatoms. The summed E-state index contributed by atoms with van der Waals surface area (Å²) in [5.74, 6) is 0.321. The van der Waals surface area contributed by atoms with E-state index in [4.69, 9.17) is 0 Å². The quantitative estimate of drug-likeness (QED) is 0.253. The lowest BCUT2D eigenvalue weighted by Gasteiger charge is -2.39. The van der Waals surface area contributed by atoms with Gasteiger partial charge in [0.05, 0.1) is 12.5 Å². The van der Waals surface area contributed by atoms with Gasteiger partial charge >= 0.3 is 0 Å². The van der Waals surface area contributed by atoms with Crippen molar-refractivity contribution in [3.8, 4) is 0 Å². The fraction of sp³-hybridized carbons (Fsp3) is 0.708. The lowest BCUT2D eigenvalue weighted by atomic mass is 9.92. The molecule has 3 heterocycles. The summed E-state index contributed by atoms with van der Waals surface area (Å²) in [5, 5.41) is 14.6. The first-order valence-electron chi connectivity index (χ1n) is 12.9. The molecule has 3 aliphatic rings. The van der Waals surface area contributed by atoms with Gasteiger partial charge in [0.15, 0.2) is 0 Å². The molecule has 198 valence electrons. The fourth-order valence-corrected chi connectivity index (χ4v) is 5.67. The van der Waals surface area contributed by atoms with Crippen LogP contribution in [-0.2, 0) is 14.4 Å². The number of hydrogen-bond donors (Lipinski definition) is 3. The normalized spacial score (nSPS) is 24.1. The van der Waals surface area contributed by atoms with E-state index in [-0.39, 0.29) is 24.4 Å². The molecule has 3 unspecified atom stereocenters. The number of rotatable bonds is 9. The smallest absolute Gasteiger partial charge is 0.250 e. The van der Waals surface area contributed by atoms with Crippen LogP contribution in [0, 0.1) is 11.8 Å². The highest BCUT2D eigenvalue weighted by Gasteiger charge is 2.39. The Morgan fingerprint density at radius 2 is 2.06 bits per heavy atom. The molecular weight excluding hydrogens is 464 g/mol. The maximum atomic E-state index is 13.5. The van der Waals surface area contributed by atoms with Crippen LogP contribution in [0.15, 0.2) is 12.4 Å². The van der Waals surface area contributed by atoms with E-state index in [1.165, 1.54) is 11.3 Å². The molecule has 12 nitrogen and oxygen atoms in total. The van der Waals surface area contributed by atoms with E-state index < -0.39 is 12.0 Å². The maximum Gasteiger partial charge on any atom is 0.250 e. The van der Waals surface area contributed by atoms with E-state index in [1.807, 2.05) is 0 Å². The number of carbonyl (C=O) groups is 3. The van der Waals surface area contributed by atoms with Gasteiger partial charge in [0.2, 0.25) is 18.2 Å². The standard InChI is InChI=1S/C24H38N8O4/c1-17-13-29(2)9-10-31(17)22-12-21(25-15-26-22)28-23(34)20-7-8-27-32(20)24(35)19(14-30(36)16-33)11-18-5-3-4-6-18/h12,15-20,27,36H,3-11,13-14H2,1-2H3,(H,25,26,28,34). The predicted molar refractivity (Wildman–Crippen MR) is 133 cm³/mol. The summed E-state index contributed by atoms with van der Waals surface area (Å²) in [5.41, 5.74) is 3.03. The van der Waals surface area contributed by atoms with Crippen molar-refractivity contribution in [2.75, 3.05) is 50.0 Å². The average molecular weight is 503 g/mol. The molecule has 4 rings (SSSR count). The first-order chi connectivity index (χ1) is 17.4. The summed E-state index contributed by atoms with van der Waals surface area (Å²) in [7, 11) is 2.09. The lowest BCUT2D eigenvalue weighted by Crippen LogP contribution is -2.52. The Morgan fingerprint density at radius 1 is 1.28 bits per heavy atom. The van der Waals surface area contributed by atoms with E-state index in [0.29, 0.717) is 42.6 Å². The van der Waals surface area contributed by atoms with Crippen molar-refractivity contribution >= 4 is 29.9 Å². The summed E-state index contributed by atoms with van der Waals surface area (Å²) in [6, 6.07) is 1.33. The molecule has 3 atom stereocenters. The van der Waals surface area contributed by atoms with Crippen LogP contribution in [0.4, 0.5) is 11.6 Å². The third kappa shape index (κ3) is 6.29. The number of nitrogens with zero attached hydrogens (tertiary/aromatic N) is 6. The molecule has 0 aromatic carbocycles. The van der Waals surface area contributed by atoms with Crippen LogP contribution in [0.1, 0.15) is 45.4 Å². The third-order valence-electron chi connectivity index (χ3n) is 7.55. The van der Waals surface area contributed by atoms with Crippen LogP contribution in [-0.4, -0.2) is 100 Å². The molecule has 1 aliphatic carbocycles. The molecule has 36 heavy (non-hydrogen) atoms. The Morgan fingerprint density at radius 3 is 2.78 bits per heavy atom. The number of hydroxylamine groups is 2. The Hall–Kier alpha value is -2.83. The number of amides is 3. The van der Waals surface area contributed by atoms with Crippen molar-refractivity contribution in [2.24, 2.45) is 11.8 Å². The molecule has 1 aromatic heterocycles. The topological polar surface area (TPSA) is 134 Å². The van der Waals surface area contributed by atoms with Crippen molar-refractivity contribution in [3.63, 3.8) is 0 Å². The van der Waals surface area contributed by atoms with Gasteiger partial charge in [0.25, 0.3) is 0 Å². The summed E-state index contributed by atoms with van der Waals surface area (Å²) in [6.45, 7) is 5.21. The second-order valence-corrected chi connectivity index (χ2v) is 10.3. The zero-order valence-corrected chi connectivity index (χ0v) is 21.2. The number of piperazine rings is 1. The number of carbonyl (C=O) groups excluding carboxylic acids is 3. The van der Waals surface area contributed by atoms with Crippen LogP contribution in [0.5, 0.6) is 0 Å². The Balaban J connectivity index is 1.42. The molecule has 3 N–H and O–H groups in total. The summed E-state index contributed by atoms with van der Waals surface area (Å²) in [6.07, 6.45) is 7.12.